The maximum atomic E-state index is 9.28. The van der Waals surface area contributed by atoms with Crippen molar-refractivity contribution in [2.75, 3.05) is 13.7 Å². The Kier molecular flexibility index (Phi) is 3.60. The minimum absolute atomic E-state index is 0.440. The van der Waals surface area contributed by atoms with E-state index in [-0.39, 0.29) is 0 Å². The Morgan fingerprint density at radius 1 is 1.15 bits per heavy atom. The van der Waals surface area contributed by atoms with Crippen LogP contribution in [0.3, 0.4) is 0 Å². The van der Waals surface area contributed by atoms with Gasteiger partial charge in [0.25, 0.3) is 0 Å². The molecule has 0 aromatic carbocycles. The van der Waals surface area contributed by atoms with Crippen LogP contribution in [-0.4, -0.2) is 64.8 Å². The fourth-order valence-electron chi connectivity index (χ4n) is 1.26. The maximum absolute atomic E-state index is 9.28. The number of rotatable bonds is 2. The van der Waals surface area contributed by atoms with E-state index in [1.54, 1.807) is 0 Å². The molecule has 0 aliphatic carbocycles. The molecule has 5 atom stereocenters. The van der Waals surface area contributed by atoms with Gasteiger partial charge < -0.3 is 29.9 Å². The summed E-state index contributed by atoms with van der Waals surface area (Å²) in [5.74, 6) is 0. The molecule has 0 saturated carbocycles. The molecule has 1 fully saturated rings. The van der Waals surface area contributed by atoms with E-state index in [1.165, 1.54) is 7.11 Å². The van der Waals surface area contributed by atoms with Crippen LogP contribution < -0.4 is 0 Å². The first kappa shape index (κ1) is 10.8. The third-order valence-corrected chi connectivity index (χ3v) is 2.08. The van der Waals surface area contributed by atoms with Gasteiger partial charge in [-0.3, -0.25) is 0 Å². The van der Waals surface area contributed by atoms with Gasteiger partial charge >= 0.3 is 0 Å². The van der Waals surface area contributed by atoms with Crippen molar-refractivity contribution in [2.24, 2.45) is 0 Å². The Labute approximate surface area is 75.3 Å². The van der Waals surface area contributed by atoms with E-state index < -0.39 is 37.3 Å². The van der Waals surface area contributed by atoms with Crippen LogP contribution in [0.4, 0.5) is 0 Å². The number of aliphatic hydroxyl groups excluding tert-OH is 4. The number of hydrogen-bond acceptors (Lipinski definition) is 6. The second kappa shape index (κ2) is 4.32. The lowest BCUT2D eigenvalue weighted by Gasteiger charge is -2.38. The Bertz CT molecular complexity index is 143. The molecule has 13 heavy (non-hydrogen) atoms. The average molecular weight is 194 g/mol. The standard InChI is InChI=1S/C7H14O6/c1-12-7-6(11)5(10)4(9)3(2-8)13-7/h3-11H,2H2,1H3/t3?,4-,5?,6-,7?/m0/s1. The molecule has 0 amide bonds. The van der Waals surface area contributed by atoms with Gasteiger partial charge in [0, 0.05) is 7.11 Å². The fraction of sp³-hybridized carbons (Fsp3) is 1.00. The highest BCUT2D eigenvalue weighted by atomic mass is 16.7. The molecule has 1 rings (SSSR count). The molecule has 1 aliphatic heterocycles. The van der Waals surface area contributed by atoms with Crippen LogP contribution in [0.1, 0.15) is 0 Å². The van der Waals surface area contributed by atoms with Crippen LogP contribution >= 0.6 is 0 Å². The van der Waals surface area contributed by atoms with Crippen molar-refractivity contribution in [2.45, 2.75) is 30.7 Å². The first-order valence-corrected chi connectivity index (χ1v) is 3.95. The van der Waals surface area contributed by atoms with E-state index in [0.717, 1.165) is 0 Å². The second-order valence-corrected chi connectivity index (χ2v) is 2.93. The Balaban J connectivity index is 2.66. The minimum atomic E-state index is -1.36. The van der Waals surface area contributed by atoms with Crippen LogP contribution in [-0.2, 0) is 9.47 Å². The maximum Gasteiger partial charge on any atom is 0.186 e. The molecule has 78 valence electrons. The van der Waals surface area contributed by atoms with Gasteiger partial charge in [0.1, 0.15) is 24.4 Å². The quantitative estimate of drug-likeness (QED) is 0.386. The zero-order valence-corrected chi connectivity index (χ0v) is 7.20. The zero-order chi connectivity index (χ0) is 10.0. The third kappa shape index (κ3) is 1.98. The van der Waals surface area contributed by atoms with Gasteiger partial charge in [-0.1, -0.05) is 0 Å². The van der Waals surface area contributed by atoms with Crippen molar-refractivity contribution >= 4 is 0 Å². The molecule has 4 N–H and O–H groups in total. The molecule has 0 radical (unpaired) electrons. The average Bonchev–Trinajstić information content (AvgIpc) is 2.15. The van der Waals surface area contributed by atoms with Gasteiger partial charge in [-0.25, -0.2) is 0 Å². The number of ether oxygens (including phenoxy) is 2. The molecule has 0 spiro atoms. The van der Waals surface area contributed by atoms with Crippen molar-refractivity contribution in [3.05, 3.63) is 0 Å². The molecular weight excluding hydrogens is 180 g/mol. The summed E-state index contributed by atoms with van der Waals surface area (Å²) in [7, 11) is 1.30. The topological polar surface area (TPSA) is 99.4 Å². The third-order valence-electron chi connectivity index (χ3n) is 2.08. The van der Waals surface area contributed by atoms with Gasteiger partial charge in [-0.15, -0.1) is 0 Å². The number of aliphatic hydroxyl groups is 4. The van der Waals surface area contributed by atoms with Crippen molar-refractivity contribution in [3.63, 3.8) is 0 Å². The Morgan fingerprint density at radius 3 is 2.23 bits per heavy atom. The lowest BCUT2D eigenvalue weighted by atomic mass is 9.99. The van der Waals surface area contributed by atoms with Gasteiger partial charge in [-0.05, 0) is 0 Å². The van der Waals surface area contributed by atoms with E-state index in [1.807, 2.05) is 0 Å². The molecule has 1 aliphatic rings. The summed E-state index contributed by atoms with van der Waals surface area (Å²) in [6.07, 6.45) is -5.91. The smallest absolute Gasteiger partial charge is 0.186 e. The van der Waals surface area contributed by atoms with Gasteiger partial charge in [0.05, 0.1) is 6.61 Å². The van der Waals surface area contributed by atoms with Crippen molar-refractivity contribution in [1.82, 2.24) is 0 Å². The van der Waals surface area contributed by atoms with Crippen LogP contribution in [0, 0.1) is 0 Å². The largest absolute Gasteiger partial charge is 0.394 e. The Morgan fingerprint density at radius 2 is 1.77 bits per heavy atom. The Hall–Kier alpha value is -0.240. The first-order chi connectivity index (χ1) is 6.11. The summed E-state index contributed by atoms with van der Waals surface area (Å²) in [4.78, 5) is 0. The molecule has 0 bridgehead atoms. The second-order valence-electron chi connectivity index (χ2n) is 2.93. The summed E-state index contributed by atoms with van der Waals surface area (Å²) in [5, 5.41) is 36.6. The lowest BCUT2D eigenvalue weighted by Crippen LogP contribution is -2.58. The van der Waals surface area contributed by atoms with Gasteiger partial charge in [0.2, 0.25) is 0 Å². The highest BCUT2D eigenvalue weighted by molar-refractivity contribution is 4.88. The van der Waals surface area contributed by atoms with E-state index in [9.17, 15) is 15.3 Å². The summed E-state index contributed by atoms with van der Waals surface area (Å²) in [6.45, 7) is -0.440. The summed E-state index contributed by atoms with van der Waals surface area (Å²) >= 11 is 0. The molecule has 6 heteroatoms. The molecule has 6 nitrogen and oxygen atoms in total. The van der Waals surface area contributed by atoms with Crippen molar-refractivity contribution < 1.29 is 29.9 Å². The summed E-state index contributed by atoms with van der Waals surface area (Å²) in [5.41, 5.74) is 0. The predicted octanol–water partition coefficient (Wildman–Crippen LogP) is -2.57. The SMILES string of the molecule is COC1OC(CO)[C@H](O)C(O)[C@@H]1O. The fourth-order valence-corrected chi connectivity index (χ4v) is 1.26. The van der Waals surface area contributed by atoms with Crippen LogP contribution in [0.15, 0.2) is 0 Å². The molecular formula is C7H14O6. The van der Waals surface area contributed by atoms with E-state index in [4.69, 9.17) is 14.6 Å². The lowest BCUT2D eigenvalue weighted by molar-refractivity contribution is -0.294. The van der Waals surface area contributed by atoms with Crippen molar-refractivity contribution in [3.8, 4) is 0 Å². The van der Waals surface area contributed by atoms with Gasteiger partial charge in [-0.2, -0.15) is 0 Å². The van der Waals surface area contributed by atoms with Crippen molar-refractivity contribution in [1.29, 1.82) is 0 Å². The van der Waals surface area contributed by atoms with Crippen LogP contribution in [0.2, 0.25) is 0 Å². The predicted molar refractivity (Wildman–Crippen MR) is 40.8 cm³/mol. The zero-order valence-electron chi connectivity index (χ0n) is 7.20. The molecule has 3 unspecified atom stereocenters. The molecule has 1 heterocycles. The van der Waals surface area contributed by atoms with E-state index >= 15 is 0 Å². The van der Waals surface area contributed by atoms with Crippen LogP contribution in [0.5, 0.6) is 0 Å². The summed E-state index contributed by atoms with van der Waals surface area (Å²) < 4.78 is 9.65. The molecule has 1 saturated heterocycles. The number of hydrogen-bond donors (Lipinski definition) is 4. The highest BCUT2D eigenvalue weighted by Crippen LogP contribution is 2.20. The summed E-state index contributed by atoms with van der Waals surface area (Å²) in [6, 6.07) is 0. The van der Waals surface area contributed by atoms with Crippen LogP contribution in [0.25, 0.3) is 0 Å². The van der Waals surface area contributed by atoms with E-state index in [2.05, 4.69) is 0 Å². The monoisotopic (exact) mass is 194 g/mol. The van der Waals surface area contributed by atoms with E-state index in [0.29, 0.717) is 0 Å². The highest BCUT2D eigenvalue weighted by Gasteiger charge is 2.43. The minimum Gasteiger partial charge on any atom is -0.394 e. The number of methoxy groups -OCH3 is 1. The molecule has 0 aromatic heterocycles. The normalized spacial score (nSPS) is 46.4. The molecule has 0 aromatic rings. The first-order valence-electron chi connectivity index (χ1n) is 3.95. The van der Waals surface area contributed by atoms with Gasteiger partial charge in [0.15, 0.2) is 6.29 Å².